The minimum absolute atomic E-state index is 0.00852. The first-order valence-corrected chi connectivity index (χ1v) is 34.2. The lowest BCUT2D eigenvalue weighted by molar-refractivity contribution is -0.870. The van der Waals surface area contributed by atoms with E-state index in [1.54, 1.807) is 6.08 Å². The molecule has 0 rings (SSSR count). The normalized spacial score (nSPS) is 14.5. The van der Waals surface area contributed by atoms with Crippen molar-refractivity contribution < 1.29 is 32.9 Å². The van der Waals surface area contributed by atoms with Crippen molar-refractivity contribution in [1.29, 1.82) is 0 Å². The zero-order valence-electron chi connectivity index (χ0n) is 52.0. The van der Waals surface area contributed by atoms with E-state index >= 15 is 0 Å². The molecule has 0 saturated heterocycles. The van der Waals surface area contributed by atoms with Gasteiger partial charge in [0, 0.05) is 6.42 Å². The Bertz CT molecular complexity index is 1650. The van der Waals surface area contributed by atoms with Gasteiger partial charge in [-0.25, -0.2) is 0 Å². The van der Waals surface area contributed by atoms with Crippen LogP contribution in [-0.4, -0.2) is 68.5 Å². The summed E-state index contributed by atoms with van der Waals surface area (Å²) in [6.45, 7) is 4.52. The number of phosphoric ester groups is 1. The van der Waals surface area contributed by atoms with Crippen molar-refractivity contribution in [2.24, 2.45) is 0 Å². The standard InChI is InChI=1S/C70H125N2O6P/c1-6-8-10-12-14-16-18-20-22-24-25-26-27-28-29-30-31-32-33-34-35-36-37-38-39-40-41-42-43-44-45-46-47-48-50-52-54-56-58-60-62-64-70(74)71-68(67-78-79(75,76)77-66-65-72(3,4)5)69(73)63-61-59-57-55-53-51-49-23-21-19-17-15-13-11-9-7-2/h8,10,14,16,20,22,25-26,28-29,31-32,34-35,53,55,61,63,68-69,73H,6-7,9,11-13,15,17-19,21,23-24,27,30,33,36-52,54,56-60,62,64-67H2,1-5H3,(H-,71,74,75,76)/b10-8-,16-14-,22-20-,26-25-,29-28-,32-31-,35-34-,55-53+,63-61+. The molecule has 8 nitrogen and oxygen atoms in total. The summed E-state index contributed by atoms with van der Waals surface area (Å²) in [7, 11) is 1.24. The molecular weight excluding hydrogens is 996 g/mol. The van der Waals surface area contributed by atoms with Gasteiger partial charge in [0.05, 0.1) is 39.9 Å². The van der Waals surface area contributed by atoms with E-state index in [0.717, 1.165) is 83.5 Å². The first-order valence-electron chi connectivity index (χ1n) is 32.7. The number of hydrogen-bond acceptors (Lipinski definition) is 6. The number of amides is 1. The maximum absolute atomic E-state index is 13.0. The van der Waals surface area contributed by atoms with Crippen molar-refractivity contribution in [1.82, 2.24) is 5.32 Å². The number of aliphatic hydroxyl groups excluding tert-OH is 1. The molecule has 79 heavy (non-hydrogen) atoms. The maximum Gasteiger partial charge on any atom is 0.268 e. The van der Waals surface area contributed by atoms with Crippen molar-refractivity contribution in [3.05, 3.63) is 109 Å². The Kier molecular flexibility index (Phi) is 57.6. The number of carbonyl (C=O) groups excluding carboxylic acids is 1. The van der Waals surface area contributed by atoms with E-state index < -0.39 is 26.6 Å². The summed E-state index contributed by atoms with van der Waals surface area (Å²) in [6.07, 6.45) is 87.7. The van der Waals surface area contributed by atoms with Crippen LogP contribution in [0.4, 0.5) is 0 Å². The summed E-state index contributed by atoms with van der Waals surface area (Å²) in [6, 6.07) is -0.907. The number of nitrogens with one attached hydrogen (secondary N) is 1. The Hall–Kier alpha value is -2.84. The molecule has 0 aromatic heterocycles. The summed E-state index contributed by atoms with van der Waals surface area (Å²) < 4.78 is 23.4. The molecule has 0 radical (unpaired) electrons. The largest absolute Gasteiger partial charge is 0.756 e. The topological polar surface area (TPSA) is 108 Å². The molecule has 0 aromatic carbocycles. The molecular formula is C70H125N2O6P. The van der Waals surface area contributed by atoms with Crippen LogP contribution in [-0.2, 0) is 18.4 Å². The summed E-state index contributed by atoms with van der Waals surface area (Å²) in [5.41, 5.74) is 0. The van der Waals surface area contributed by atoms with Gasteiger partial charge in [-0.2, -0.15) is 0 Å². The molecule has 0 aliphatic heterocycles. The highest BCUT2D eigenvalue weighted by atomic mass is 31.2. The van der Waals surface area contributed by atoms with E-state index in [0.29, 0.717) is 17.4 Å². The Labute approximate surface area is 489 Å². The Balaban J connectivity index is 3.99. The van der Waals surface area contributed by atoms with Gasteiger partial charge >= 0.3 is 0 Å². The van der Waals surface area contributed by atoms with Crippen LogP contribution in [0.1, 0.15) is 277 Å². The van der Waals surface area contributed by atoms with Gasteiger partial charge < -0.3 is 28.8 Å². The molecule has 1 amide bonds. The summed E-state index contributed by atoms with van der Waals surface area (Å²) >= 11 is 0. The van der Waals surface area contributed by atoms with Crippen LogP contribution < -0.4 is 10.2 Å². The Morgan fingerprint density at radius 1 is 0.456 bits per heavy atom. The molecule has 3 unspecified atom stereocenters. The molecule has 2 N–H and O–H groups in total. The number of carbonyl (C=O) groups is 1. The third kappa shape index (κ3) is 62.6. The zero-order valence-corrected chi connectivity index (χ0v) is 52.9. The number of allylic oxidation sites excluding steroid dienone is 17. The second kappa shape index (κ2) is 59.8. The average molecular weight is 1120 g/mol. The van der Waals surface area contributed by atoms with Gasteiger partial charge in [-0.1, -0.05) is 290 Å². The number of phosphoric acid groups is 1. The molecule has 0 heterocycles. The number of hydrogen-bond donors (Lipinski definition) is 2. The minimum atomic E-state index is -4.61. The van der Waals surface area contributed by atoms with Crippen LogP contribution >= 0.6 is 7.82 Å². The minimum Gasteiger partial charge on any atom is -0.756 e. The molecule has 456 valence electrons. The van der Waals surface area contributed by atoms with Crippen molar-refractivity contribution in [2.45, 2.75) is 289 Å². The fourth-order valence-electron chi connectivity index (χ4n) is 9.15. The van der Waals surface area contributed by atoms with E-state index in [-0.39, 0.29) is 12.5 Å². The van der Waals surface area contributed by atoms with Gasteiger partial charge in [0.15, 0.2) is 0 Å². The second-order valence-electron chi connectivity index (χ2n) is 23.1. The van der Waals surface area contributed by atoms with E-state index in [1.165, 1.54) is 173 Å². The predicted octanol–water partition coefficient (Wildman–Crippen LogP) is 20.1. The highest BCUT2D eigenvalue weighted by Crippen LogP contribution is 2.38. The summed E-state index contributed by atoms with van der Waals surface area (Å²) in [4.78, 5) is 25.5. The van der Waals surface area contributed by atoms with E-state index in [9.17, 15) is 19.4 Å². The van der Waals surface area contributed by atoms with Gasteiger partial charge in [-0.3, -0.25) is 9.36 Å². The molecule has 0 saturated carbocycles. The van der Waals surface area contributed by atoms with Crippen LogP contribution in [0.15, 0.2) is 109 Å². The highest BCUT2D eigenvalue weighted by molar-refractivity contribution is 7.45. The average Bonchev–Trinajstić information content (AvgIpc) is 3.42. The highest BCUT2D eigenvalue weighted by Gasteiger charge is 2.23. The maximum atomic E-state index is 13.0. The molecule has 0 fully saturated rings. The predicted molar refractivity (Wildman–Crippen MR) is 343 cm³/mol. The monoisotopic (exact) mass is 1120 g/mol. The third-order valence-electron chi connectivity index (χ3n) is 14.2. The number of likely N-dealkylation sites (N-methyl/N-ethyl adjacent to an activating group) is 1. The number of quaternary nitrogens is 1. The zero-order chi connectivity index (χ0) is 57.7. The van der Waals surface area contributed by atoms with Crippen LogP contribution in [0.5, 0.6) is 0 Å². The quantitative estimate of drug-likeness (QED) is 0.0272. The van der Waals surface area contributed by atoms with Crippen LogP contribution in [0, 0.1) is 0 Å². The summed E-state index contributed by atoms with van der Waals surface area (Å²) in [5, 5.41) is 13.9. The van der Waals surface area contributed by atoms with E-state index in [2.05, 4.69) is 116 Å². The molecule has 0 aliphatic rings. The number of rotatable bonds is 59. The Morgan fingerprint density at radius 3 is 1.18 bits per heavy atom. The van der Waals surface area contributed by atoms with Crippen molar-refractivity contribution >= 4 is 13.7 Å². The molecule has 0 spiro atoms. The van der Waals surface area contributed by atoms with Crippen LogP contribution in [0.2, 0.25) is 0 Å². The number of nitrogens with zero attached hydrogens (tertiary/aromatic N) is 1. The first kappa shape index (κ1) is 76.2. The first-order chi connectivity index (χ1) is 38.5. The molecule has 9 heteroatoms. The third-order valence-corrected chi connectivity index (χ3v) is 15.2. The molecule has 0 aromatic rings. The second-order valence-corrected chi connectivity index (χ2v) is 24.5. The fourth-order valence-corrected chi connectivity index (χ4v) is 9.87. The number of unbranched alkanes of at least 4 members (excludes halogenated alkanes) is 30. The summed E-state index contributed by atoms with van der Waals surface area (Å²) in [5.74, 6) is -0.207. The van der Waals surface area contributed by atoms with Gasteiger partial charge in [0.2, 0.25) is 5.91 Å². The molecule has 3 atom stereocenters. The lowest BCUT2D eigenvalue weighted by Gasteiger charge is -2.29. The van der Waals surface area contributed by atoms with Crippen molar-refractivity contribution in [3.8, 4) is 0 Å². The van der Waals surface area contributed by atoms with Gasteiger partial charge in [-0.05, 0) is 89.9 Å². The Morgan fingerprint density at radius 2 is 0.785 bits per heavy atom. The lowest BCUT2D eigenvalue weighted by Crippen LogP contribution is -2.45. The van der Waals surface area contributed by atoms with E-state index in [4.69, 9.17) is 9.05 Å². The SMILES string of the molecule is CC/C=C\C/C=C\C/C=C\C/C=C\C/C=C\C/C=C\C/C=C\CCCCCCCCCCCCCCCCCCCCCC(=O)NC(COP(=O)([O-])OCC[N+](C)(C)C)C(O)/C=C/CC/C=C/CCCCCCCCCCCC. The van der Waals surface area contributed by atoms with Gasteiger partial charge in [0.25, 0.3) is 7.82 Å². The lowest BCUT2D eigenvalue weighted by atomic mass is 10.0. The van der Waals surface area contributed by atoms with Gasteiger partial charge in [0.1, 0.15) is 13.2 Å². The van der Waals surface area contributed by atoms with Crippen molar-refractivity contribution in [3.63, 3.8) is 0 Å². The molecule has 0 aliphatic carbocycles. The molecule has 0 bridgehead atoms. The van der Waals surface area contributed by atoms with Crippen LogP contribution in [0.25, 0.3) is 0 Å². The fraction of sp³-hybridized carbons (Fsp3) is 0.729. The van der Waals surface area contributed by atoms with E-state index in [1.807, 2.05) is 27.2 Å². The van der Waals surface area contributed by atoms with Gasteiger partial charge in [-0.15, -0.1) is 0 Å². The van der Waals surface area contributed by atoms with Crippen molar-refractivity contribution in [2.75, 3.05) is 40.9 Å². The number of aliphatic hydroxyl groups is 1. The smallest absolute Gasteiger partial charge is 0.268 e. The van der Waals surface area contributed by atoms with Crippen LogP contribution in [0.3, 0.4) is 0 Å².